The number of nitrogens with zero attached hydrogens (tertiary/aromatic N) is 2. The van der Waals surface area contributed by atoms with E-state index in [2.05, 4.69) is 21.5 Å². The Morgan fingerprint density at radius 3 is 2.70 bits per heavy atom. The number of hydrogen-bond donors (Lipinski definition) is 1. The summed E-state index contributed by atoms with van der Waals surface area (Å²) in [6.07, 6.45) is 3.60. The number of aromatic amines is 1. The summed E-state index contributed by atoms with van der Waals surface area (Å²) in [7, 11) is 1.66. The number of rotatable bonds is 3. The maximum absolute atomic E-state index is 5.46. The molecule has 0 radical (unpaired) electrons. The molecule has 1 N–H and O–H groups in total. The van der Waals surface area contributed by atoms with Gasteiger partial charge in [-0.2, -0.15) is 0 Å². The van der Waals surface area contributed by atoms with Crippen LogP contribution in [-0.4, -0.2) is 21.6 Å². The Labute approximate surface area is 122 Å². The van der Waals surface area contributed by atoms with Crippen molar-refractivity contribution < 1.29 is 4.74 Å². The van der Waals surface area contributed by atoms with Gasteiger partial charge in [0.25, 0.3) is 0 Å². The largest absolute Gasteiger partial charge is 0.497 e. The Kier molecular flexibility index (Phi) is 3.28. The minimum atomic E-state index is 0.146. The van der Waals surface area contributed by atoms with Crippen molar-refractivity contribution in [3.63, 3.8) is 0 Å². The standard InChI is InChI=1S/C15H15N3OS/c1-10(11-5-7-16-8-6-11)18-14-4-3-12(19-2)9-13(14)17-15(18)20/h3-10H,1-2H3,(H,17,20). The van der Waals surface area contributed by atoms with Gasteiger partial charge in [-0.25, -0.2) is 0 Å². The van der Waals surface area contributed by atoms with Gasteiger partial charge in [-0.05, 0) is 49.0 Å². The highest BCUT2D eigenvalue weighted by Gasteiger charge is 2.13. The smallest absolute Gasteiger partial charge is 0.178 e. The van der Waals surface area contributed by atoms with Crippen LogP contribution in [0.3, 0.4) is 0 Å². The molecule has 0 aliphatic rings. The number of pyridine rings is 1. The van der Waals surface area contributed by atoms with E-state index in [0.29, 0.717) is 4.77 Å². The number of nitrogens with one attached hydrogen (secondary N) is 1. The normalized spacial score (nSPS) is 12.5. The lowest BCUT2D eigenvalue weighted by molar-refractivity contribution is 0.415. The Morgan fingerprint density at radius 2 is 2.00 bits per heavy atom. The Morgan fingerprint density at radius 1 is 1.25 bits per heavy atom. The fraction of sp³-hybridized carbons (Fsp3) is 0.200. The average molecular weight is 285 g/mol. The van der Waals surface area contributed by atoms with Crippen molar-refractivity contribution in [3.05, 3.63) is 53.1 Å². The van der Waals surface area contributed by atoms with Gasteiger partial charge in [0.05, 0.1) is 24.2 Å². The molecule has 1 aromatic carbocycles. The number of H-pyrrole nitrogens is 1. The molecule has 0 saturated heterocycles. The third-order valence-corrected chi connectivity index (χ3v) is 3.80. The number of hydrogen-bond acceptors (Lipinski definition) is 3. The molecular weight excluding hydrogens is 270 g/mol. The van der Waals surface area contributed by atoms with Crippen LogP contribution in [0.4, 0.5) is 0 Å². The molecule has 0 aliphatic heterocycles. The predicted molar refractivity (Wildman–Crippen MR) is 81.7 cm³/mol. The van der Waals surface area contributed by atoms with Crippen LogP contribution in [0, 0.1) is 4.77 Å². The quantitative estimate of drug-likeness (QED) is 0.746. The molecule has 2 heterocycles. The van der Waals surface area contributed by atoms with Gasteiger partial charge in [0.1, 0.15) is 5.75 Å². The third kappa shape index (κ3) is 2.10. The van der Waals surface area contributed by atoms with Gasteiger partial charge in [-0.3, -0.25) is 4.98 Å². The third-order valence-electron chi connectivity index (χ3n) is 3.50. The zero-order valence-electron chi connectivity index (χ0n) is 11.3. The molecule has 0 saturated carbocycles. The summed E-state index contributed by atoms with van der Waals surface area (Å²) < 4.78 is 8.06. The summed E-state index contributed by atoms with van der Waals surface area (Å²) in [6.45, 7) is 2.13. The molecule has 4 nitrogen and oxygen atoms in total. The first-order valence-electron chi connectivity index (χ1n) is 6.39. The van der Waals surface area contributed by atoms with Crippen molar-refractivity contribution in [2.75, 3.05) is 7.11 Å². The van der Waals surface area contributed by atoms with Crippen LogP contribution in [0.1, 0.15) is 18.5 Å². The maximum atomic E-state index is 5.46. The number of fused-ring (bicyclic) bond motifs is 1. The minimum Gasteiger partial charge on any atom is -0.497 e. The van der Waals surface area contributed by atoms with E-state index in [1.807, 2.05) is 30.3 Å². The van der Waals surface area contributed by atoms with E-state index < -0.39 is 0 Å². The first-order chi connectivity index (χ1) is 9.70. The van der Waals surface area contributed by atoms with E-state index in [1.54, 1.807) is 19.5 Å². The lowest BCUT2D eigenvalue weighted by Gasteiger charge is -2.15. The average Bonchev–Trinajstić information content (AvgIpc) is 2.82. The molecular formula is C15H15N3OS. The number of methoxy groups -OCH3 is 1. The van der Waals surface area contributed by atoms with Gasteiger partial charge >= 0.3 is 0 Å². The second-order valence-corrected chi connectivity index (χ2v) is 5.03. The maximum Gasteiger partial charge on any atom is 0.178 e. The van der Waals surface area contributed by atoms with Crippen LogP contribution in [0.5, 0.6) is 5.75 Å². The highest BCUT2D eigenvalue weighted by atomic mass is 32.1. The van der Waals surface area contributed by atoms with Crippen LogP contribution >= 0.6 is 12.2 Å². The molecule has 2 aromatic heterocycles. The molecule has 1 unspecified atom stereocenters. The molecule has 3 rings (SSSR count). The second kappa shape index (κ2) is 5.09. The first kappa shape index (κ1) is 12.9. The van der Waals surface area contributed by atoms with E-state index in [-0.39, 0.29) is 6.04 Å². The van der Waals surface area contributed by atoms with E-state index >= 15 is 0 Å². The highest BCUT2D eigenvalue weighted by molar-refractivity contribution is 7.71. The molecule has 0 fully saturated rings. The molecule has 102 valence electrons. The van der Waals surface area contributed by atoms with Gasteiger partial charge in [0, 0.05) is 18.5 Å². The van der Waals surface area contributed by atoms with Crippen LogP contribution in [0.25, 0.3) is 11.0 Å². The number of imidazole rings is 1. The molecule has 0 aliphatic carbocycles. The molecule has 20 heavy (non-hydrogen) atoms. The zero-order valence-corrected chi connectivity index (χ0v) is 12.1. The molecule has 0 bridgehead atoms. The molecule has 3 aromatic rings. The van der Waals surface area contributed by atoms with Crippen LogP contribution in [0.2, 0.25) is 0 Å². The fourth-order valence-electron chi connectivity index (χ4n) is 2.41. The zero-order chi connectivity index (χ0) is 14.1. The minimum absolute atomic E-state index is 0.146. The Bertz CT molecular complexity index is 792. The van der Waals surface area contributed by atoms with E-state index in [0.717, 1.165) is 16.8 Å². The van der Waals surface area contributed by atoms with Gasteiger partial charge in [-0.1, -0.05) is 0 Å². The Balaban J connectivity index is 2.16. The summed E-state index contributed by atoms with van der Waals surface area (Å²) in [5, 5.41) is 0. The summed E-state index contributed by atoms with van der Waals surface area (Å²) in [6, 6.07) is 10.1. The molecule has 5 heteroatoms. The van der Waals surface area contributed by atoms with E-state index in [1.165, 1.54) is 5.56 Å². The SMILES string of the molecule is COc1ccc2c(c1)[nH]c(=S)n2C(C)c1ccncc1. The number of aromatic nitrogens is 3. The summed E-state index contributed by atoms with van der Waals surface area (Å²) >= 11 is 5.46. The molecule has 0 spiro atoms. The highest BCUT2D eigenvalue weighted by Crippen LogP contribution is 2.26. The van der Waals surface area contributed by atoms with Crippen molar-refractivity contribution in [2.24, 2.45) is 0 Å². The molecule has 1 atom stereocenters. The molecule has 0 amide bonds. The Hall–Kier alpha value is -2.14. The van der Waals surface area contributed by atoms with Crippen molar-refractivity contribution in [3.8, 4) is 5.75 Å². The lowest BCUT2D eigenvalue weighted by Crippen LogP contribution is -2.06. The van der Waals surface area contributed by atoms with Crippen molar-refractivity contribution in [1.29, 1.82) is 0 Å². The fourth-order valence-corrected chi connectivity index (χ4v) is 2.78. The van der Waals surface area contributed by atoms with Gasteiger partial charge < -0.3 is 14.3 Å². The van der Waals surface area contributed by atoms with Crippen LogP contribution in [0.15, 0.2) is 42.7 Å². The monoisotopic (exact) mass is 285 g/mol. The summed E-state index contributed by atoms with van der Waals surface area (Å²) in [5.41, 5.74) is 3.23. The first-order valence-corrected chi connectivity index (χ1v) is 6.79. The van der Waals surface area contributed by atoms with Crippen molar-refractivity contribution in [2.45, 2.75) is 13.0 Å². The van der Waals surface area contributed by atoms with Gasteiger partial charge in [-0.15, -0.1) is 0 Å². The summed E-state index contributed by atoms with van der Waals surface area (Å²) in [4.78, 5) is 7.29. The number of benzene rings is 1. The lowest BCUT2D eigenvalue weighted by atomic mass is 10.1. The number of ether oxygens (including phenoxy) is 1. The van der Waals surface area contributed by atoms with Crippen LogP contribution in [-0.2, 0) is 0 Å². The van der Waals surface area contributed by atoms with Gasteiger partial charge in [0.2, 0.25) is 0 Å². The van der Waals surface area contributed by atoms with Crippen molar-refractivity contribution >= 4 is 23.3 Å². The van der Waals surface area contributed by atoms with E-state index in [4.69, 9.17) is 17.0 Å². The van der Waals surface area contributed by atoms with E-state index in [9.17, 15) is 0 Å². The predicted octanol–water partition coefficient (Wildman–Crippen LogP) is 3.71. The van der Waals surface area contributed by atoms with Crippen LogP contribution < -0.4 is 4.74 Å². The van der Waals surface area contributed by atoms with Gasteiger partial charge in [0.15, 0.2) is 4.77 Å². The van der Waals surface area contributed by atoms with Crippen molar-refractivity contribution in [1.82, 2.24) is 14.5 Å². The summed E-state index contributed by atoms with van der Waals surface area (Å²) in [5.74, 6) is 0.817. The topological polar surface area (TPSA) is 42.8 Å². The second-order valence-electron chi connectivity index (χ2n) is 4.64.